The van der Waals surface area contributed by atoms with Gasteiger partial charge in [-0.05, 0) is 38.2 Å². The molecule has 1 saturated heterocycles. The fourth-order valence-electron chi connectivity index (χ4n) is 2.62. The molecule has 114 valence electrons. The maximum Gasteiger partial charge on any atom is 0.246 e. The van der Waals surface area contributed by atoms with Crippen LogP contribution in [0, 0.1) is 0 Å². The molecular weight excluding hydrogens is 288 g/mol. The third kappa shape index (κ3) is 4.30. The molecule has 1 aliphatic rings. The van der Waals surface area contributed by atoms with Gasteiger partial charge in [-0.3, -0.25) is 4.79 Å². The first-order chi connectivity index (χ1) is 9.97. The summed E-state index contributed by atoms with van der Waals surface area (Å²) in [5.41, 5.74) is 0.816. The summed E-state index contributed by atoms with van der Waals surface area (Å²) in [6.45, 7) is 1.15. The number of aliphatic hydroxyl groups excluding tert-OH is 1. The first-order valence-electron chi connectivity index (χ1n) is 7.03. The number of hydrogen-bond acceptors (Lipinski definition) is 3. The quantitative estimate of drug-likeness (QED) is 0.864. The highest BCUT2D eigenvalue weighted by Gasteiger charge is 2.33. The maximum atomic E-state index is 12.3. The summed E-state index contributed by atoms with van der Waals surface area (Å²) in [4.78, 5) is 16.1. The Bertz CT molecular complexity index is 531. The average Bonchev–Trinajstić information content (AvgIpc) is 2.77. The van der Waals surface area contributed by atoms with Gasteiger partial charge in [0.25, 0.3) is 0 Å². The molecule has 5 heteroatoms. The van der Waals surface area contributed by atoms with E-state index in [-0.39, 0.29) is 11.9 Å². The van der Waals surface area contributed by atoms with Gasteiger partial charge in [0.2, 0.25) is 5.91 Å². The molecule has 2 unspecified atom stereocenters. The molecular formula is C16H21ClN2O2. The fourth-order valence-corrected chi connectivity index (χ4v) is 2.82. The van der Waals surface area contributed by atoms with Crippen molar-refractivity contribution in [3.8, 4) is 0 Å². The summed E-state index contributed by atoms with van der Waals surface area (Å²) in [5.74, 6) is -0.0849. The Morgan fingerprint density at radius 2 is 2.19 bits per heavy atom. The van der Waals surface area contributed by atoms with Crippen LogP contribution >= 0.6 is 11.6 Å². The summed E-state index contributed by atoms with van der Waals surface area (Å²) in [6, 6.07) is 7.44. The highest BCUT2D eigenvalue weighted by atomic mass is 35.5. The number of hydrogen-bond donors (Lipinski definition) is 1. The highest BCUT2D eigenvalue weighted by molar-refractivity contribution is 6.32. The van der Waals surface area contributed by atoms with Crippen LogP contribution in [0.15, 0.2) is 30.3 Å². The van der Waals surface area contributed by atoms with Gasteiger partial charge in [-0.25, -0.2) is 0 Å². The highest BCUT2D eigenvalue weighted by Crippen LogP contribution is 2.20. The van der Waals surface area contributed by atoms with Crippen LogP contribution in [0.3, 0.4) is 0 Å². The zero-order chi connectivity index (χ0) is 15.4. The number of β-amino-alcohol motifs (C(OH)–C–C–N with tert-alkyl or cyclic N) is 1. The lowest BCUT2D eigenvalue weighted by molar-refractivity contribution is -0.127. The lowest BCUT2D eigenvalue weighted by Crippen LogP contribution is -2.40. The minimum absolute atomic E-state index is 0.0541. The van der Waals surface area contributed by atoms with Crippen LogP contribution in [-0.4, -0.2) is 60.1 Å². The topological polar surface area (TPSA) is 43.8 Å². The van der Waals surface area contributed by atoms with E-state index in [1.165, 1.54) is 6.08 Å². The van der Waals surface area contributed by atoms with Crippen molar-refractivity contribution < 1.29 is 9.90 Å². The van der Waals surface area contributed by atoms with E-state index in [0.717, 1.165) is 12.1 Å². The molecule has 0 radical (unpaired) electrons. The Kier molecular flexibility index (Phi) is 5.39. The van der Waals surface area contributed by atoms with Crippen LogP contribution < -0.4 is 0 Å². The molecule has 1 fully saturated rings. The van der Waals surface area contributed by atoms with Gasteiger partial charge in [0, 0.05) is 30.2 Å². The minimum Gasteiger partial charge on any atom is -0.391 e. The van der Waals surface area contributed by atoms with E-state index in [4.69, 9.17) is 11.6 Å². The molecule has 1 amide bonds. The van der Waals surface area contributed by atoms with E-state index in [1.54, 1.807) is 17.0 Å². The van der Waals surface area contributed by atoms with Crippen molar-refractivity contribution in [1.29, 1.82) is 0 Å². The lowest BCUT2D eigenvalue weighted by Gasteiger charge is -2.25. The SMILES string of the molecule is CN(C)CC1CC(O)CN1C(=O)C=Cc1ccccc1Cl. The monoisotopic (exact) mass is 308 g/mol. The molecule has 1 aliphatic heterocycles. The van der Waals surface area contributed by atoms with Gasteiger partial charge in [0.15, 0.2) is 0 Å². The van der Waals surface area contributed by atoms with Crippen LogP contribution in [-0.2, 0) is 4.79 Å². The van der Waals surface area contributed by atoms with Crippen molar-refractivity contribution in [3.05, 3.63) is 40.9 Å². The molecule has 1 N–H and O–H groups in total. The Morgan fingerprint density at radius 1 is 1.48 bits per heavy atom. The first-order valence-corrected chi connectivity index (χ1v) is 7.41. The smallest absolute Gasteiger partial charge is 0.246 e. The van der Waals surface area contributed by atoms with Crippen LogP contribution in [0.25, 0.3) is 6.08 Å². The van der Waals surface area contributed by atoms with Gasteiger partial charge in [-0.15, -0.1) is 0 Å². The third-order valence-corrected chi connectivity index (χ3v) is 3.91. The van der Waals surface area contributed by atoms with Gasteiger partial charge in [0.1, 0.15) is 0 Å². The van der Waals surface area contributed by atoms with Gasteiger partial charge in [0.05, 0.1) is 6.10 Å². The average molecular weight is 309 g/mol. The molecule has 0 aromatic heterocycles. The number of rotatable bonds is 4. The second-order valence-electron chi connectivity index (χ2n) is 5.65. The second kappa shape index (κ2) is 7.07. The molecule has 4 nitrogen and oxygen atoms in total. The number of likely N-dealkylation sites (N-methyl/N-ethyl adjacent to an activating group) is 1. The van der Waals surface area contributed by atoms with Gasteiger partial charge in [-0.1, -0.05) is 29.8 Å². The van der Waals surface area contributed by atoms with E-state index in [1.807, 2.05) is 37.2 Å². The summed E-state index contributed by atoms with van der Waals surface area (Å²) < 4.78 is 0. The molecule has 1 aromatic rings. The summed E-state index contributed by atoms with van der Waals surface area (Å²) in [5, 5.41) is 10.4. The van der Waals surface area contributed by atoms with E-state index >= 15 is 0 Å². The number of benzene rings is 1. The maximum absolute atomic E-state index is 12.3. The van der Waals surface area contributed by atoms with Crippen LogP contribution in [0.5, 0.6) is 0 Å². The zero-order valence-corrected chi connectivity index (χ0v) is 13.1. The molecule has 2 atom stereocenters. The molecule has 21 heavy (non-hydrogen) atoms. The first kappa shape index (κ1) is 16.0. The van der Waals surface area contributed by atoms with E-state index < -0.39 is 6.10 Å². The predicted molar refractivity (Wildman–Crippen MR) is 85.2 cm³/mol. The zero-order valence-electron chi connectivity index (χ0n) is 12.4. The van der Waals surface area contributed by atoms with E-state index in [2.05, 4.69) is 0 Å². The summed E-state index contributed by atoms with van der Waals surface area (Å²) in [6.07, 6.45) is 3.45. The Balaban J connectivity index is 2.06. The number of amides is 1. The standard InChI is InChI=1S/C16H21ClN2O2/c1-18(2)10-13-9-14(20)11-19(13)16(21)8-7-12-5-3-4-6-15(12)17/h3-8,13-14,20H,9-11H2,1-2H3. The molecule has 0 spiro atoms. The molecule has 1 heterocycles. The van der Waals surface area contributed by atoms with Crippen molar-refractivity contribution in [2.75, 3.05) is 27.2 Å². The normalized spacial score (nSPS) is 22.4. The number of carbonyl (C=O) groups is 1. The van der Waals surface area contributed by atoms with Crippen LogP contribution in [0.4, 0.5) is 0 Å². The molecule has 2 rings (SSSR count). The second-order valence-corrected chi connectivity index (χ2v) is 6.06. The van der Waals surface area contributed by atoms with Crippen molar-refractivity contribution >= 4 is 23.6 Å². The molecule has 0 bridgehead atoms. The summed E-state index contributed by atoms with van der Waals surface area (Å²) >= 11 is 6.07. The number of carbonyl (C=O) groups excluding carboxylic acids is 1. The van der Waals surface area contributed by atoms with E-state index in [0.29, 0.717) is 18.0 Å². The Labute approximate surface area is 130 Å². The lowest BCUT2D eigenvalue weighted by atomic mass is 10.2. The van der Waals surface area contributed by atoms with Crippen molar-refractivity contribution in [3.63, 3.8) is 0 Å². The predicted octanol–water partition coefficient (Wildman–Crippen LogP) is 1.88. The number of halogens is 1. The van der Waals surface area contributed by atoms with Crippen LogP contribution in [0.2, 0.25) is 5.02 Å². The summed E-state index contributed by atoms with van der Waals surface area (Å²) in [7, 11) is 3.93. The Morgan fingerprint density at radius 3 is 2.86 bits per heavy atom. The van der Waals surface area contributed by atoms with Crippen molar-refractivity contribution in [2.24, 2.45) is 0 Å². The van der Waals surface area contributed by atoms with Crippen LogP contribution in [0.1, 0.15) is 12.0 Å². The minimum atomic E-state index is -0.437. The molecule has 0 aliphatic carbocycles. The third-order valence-electron chi connectivity index (χ3n) is 3.56. The van der Waals surface area contributed by atoms with Gasteiger partial charge in [-0.2, -0.15) is 0 Å². The van der Waals surface area contributed by atoms with Crippen molar-refractivity contribution in [2.45, 2.75) is 18.6 Å². The number of nitrogens with zero attached hydrogens (tertiary/aromatic N) is 2. The van der Waals surface area contributed by atoms with Gasteiger partial charge < -0.3 is 14.9 Å². The molecule has 1 aromatic carbocycles. The number of aliphatic hydroxyl groups is 1. The number of likely N-dealkylation sites (tertiary alicyclic amines) is 1. The van der Waals surface area contributed by atoms with E-state index in [9.17, 15) is 9.90 Å². The Hall–Kier alpha value is -1.36. The van der Waals surface area contributed by atoms with Gasteiger partial charge >= 0.3 is 0 Å². The fraction of sp³-hybridized carbons (Fsp3) is 0.438. The largest absolute Gasteiger partial charge is 0.391 e. The van der Waals surface area contributed by atoms with Crippen molar-refractivity contribution in [1.82, 2.24) is 9.80 Å². The molecule has 0 saturated carbocycles.